The minimum atomic E-state index is 0.737. The molecule has 70 valence electrons. The van der Waals surface area contributed by atoms with Crippen molar-refractivity contribution in [2.24, 2.45) is 0 Å². The molecule has 2 aromatic rings. The van der Waals surface area contributed by atoms with Crippen LogP contribution in [0.3, 0.4) is 0 Å². The van der Waals surface area contributed by atoms with Crippen molar-refractivity contribution in [3.8, 4) is 11.5 Å². The SMILES string of the molecule is Cc1ccc2c(c1)Nc1[nH]ncc1O2. The van der Waals surface area contributed by atoms with Gasteiger partial charge in [-0.3, -0.25) is 5.10 Å². The highest BCUT2D eigenvalue weighted by Gasteiger charge is 2.17. The van der Waals surface area contributed by atoms with Crippen molar-refractivity contribution < 1.29 is 4.74 Å². The molecule has 2 N–H and O–H groups in total. The van der Waals surface area contributed by atoms with Crippen LogP contribution in [-0.4, -0.2) is 10.2 Å². The predicted octanol–water partition coefficient (Wildman–Crippen LogP) is 2.57. The minimum absolute atomic E-state index is 0.737. The molecule has 0 atom stereocenters. The van der Waals surface area contributed by atoms with Crippen LogP contribution in [0.25, 0.3) is 0 Å². The second-order valence-corrected chi connectivity index (χ2v) is 3.34. The summed E-state index contributed by atoms with van der Waals surface area (Å²) in [5.74, 6) is 2.38. The number of nitrogens with zero attached hydrogens (tertiary/aromatic N) is 1. The molecular weight excluding hydrogens is 178 g/mol. The predicted molar refractivity (Wildman–Crippen MR) is 53.1 cm³/mol. The summed E-state index contributed by atoms with van der Waals surface area (Å²) in [6.45, 7) is 2.05. The number of rotatable bonds is 0. The number of aryl methyl sites for hydroxylation is 1. The van der Waals surface area contributed by atoms with Crippen LogP contribution in [0.2, 0.25) is 0 Å². The fourth-order valence-electron chi connectivity index (χ4n) is 1.53. The van der Waals surface area contributed by atoms with Gasteiger partial charge >= 0.3 is 0 Å². The quantitative estimate of drug-likeness (QED) is 0.568. The molecule has 0 amide bonds. The van der Waals surface area contributed by atoms with E-state index in [0.717, 1.165) is 23.0 Å². The number of anilines is 2. The Bertz CT molecular complexity index is 490. The Morgan fingerprint density at radius 3 is 3.14 bits per heavy atom. The van der Waals surface area contributed by atoms with Crippen LogP contribution in [-0.2, 0) is 0 Å². The van der Waals surface area contributed by atoms with Crippen LogP contribution in [0.4, 0.5) is 11.5 Å². The standard InChI is InChI=1S/C10H9N3O/c1-6-2-3-8-7(4-6)12-10-9(14-8)5-11-13-10/h2-5H,1H3,(H2,11,12,13). The molecule has 14 heavy (non-hydrogen) atoms. The minimum Gasteiger partial charge on any atom is -0.450 e. The van der Waals surface area contributed by atoms with Crippen LogP contribution in [0.1, 0.15) is 5.56 Å². The second kappa shape index (κ2) is 2.51. The molecule has 4 nitrogen and oxygen atoms in total. The van der Waals surface area contributed by atoms with Crippen molar-refractivity contribution in [2.75, 3.05) is 5.32 Å². The number of hydrogen-bond donors (Lipinski definition) is 2. The average Bonchev–Trinajstić information content (AvgIpc) is 2.61. The maximum Gasteiger partial charge on any atom is 0.189 e. The van der Waals surface area contributed by atoms with Gasteiger partial charge in [-0.25, -0.2) is 0 Å². The van der Waals surface area contributed by atoms with E-state index in [2.05, 4.69) is 15.5 Å². The first kappa shape index (κ1) is 7.44. The van der Waals surface area contributed by atoms with E-state index in [0.29, 0.717) is 0 Å². The fourth-order valence-corrected chi connectivity index (χ4v) is 1.53. The first-order valence-electron chi connectivity index (χ1n) is 4.42. The molecule has 0 aliphatic carbocycles. The van der Waals surface area contributed by atoms with Crippen LogP contribution in [0, 0.1) is 6.92 Å². The molecule has 2 heterocycles. The Hall–Kier alpha value is -1.97. The third kappa shape index (κ3) is 0.970. The van der Waals surface area contributed by atoms with Gasteiger partial charge in [-0.15, -0.1) is 0 Å². The van der Waals surface area contributed by atoms with Gasteiger partial charge in [0.1, 0.15) is 0 Å². The Labute approximate surface area is 80.9 Å². The number of nitrogens with one attached hydrogen (secondary N) is 2. The molecule has 0 saturated heterocycles. The number of benzene rings is 1. The lowest BCUT2D eigenvalue weighted by Crippen LogP contribution is -2.01. The first-order chi connectivity index (χ1) is 6.83. The summed E-state index contributed by atoms with van der Waals surface area (Å²) in [5.41, 5.74) is 2.17. The van der Waals surface area contributed by atoms with Gasteiger partial charge in [-0.05, 0) is 24.6 Å². The summed E-state index contributed by atoms with van der Waals surface area (Å²) in [7, 11) is 0. The largest absolute Gasteiger partial charge is 0.450 e. The molecule has 1 aromatic heterocycles. The molecule has 0 fully saturated rings. The van der Waals surface area contributed by atoms with E-state index in [-0.39, 0.29) is 0 Å². The third-order valence-corrected chi connectivity index (χ3v) is 2.22. The van der Waals surface area contributed by atoms with Crippen molar-refractivity contribution in [3.05, 3.63) is 30.0 Å². The van der Waals surface area contributed by atoms with E-state index in [1.807, 2.05) is 25.1 Å². The van der Waals surface area contributed by atoms with Crippen molar-refractivity contribution in [2.45, 2.75) is 6.92 Å². The average molecular weight is 187 g/mol. The van der Waals surface area contributed by atoms with E-state index < -0.39 is 0 Å². The van der Waals surface area contributed by atoms with Crippen LogP contribution in [0.15, 0.2) is 24.4 Å². The molecule has 4 heteroatoms. The Balaban J connectivity index is 2.12. The van der Waals surface area contributed by atoms with E-state index >= 15 is 0 Å². The van der Waals surface area contributed by atoms with Crippen molar-refractivity contribution in [1.82, 2.24) is 10.2 Å². The highest BCUT2D eigenvalue weighted by molar-refractivity contribution is 5.72. The van der Waals surface area contributed by atoms with Gasteiger partial charge in [0, 0.05) is 0 Å². The van der Waals surface area contributed by atoms with Crippen LogP contribution >= 0.6 is 0 Å². The maximum absolute atomic E-state index is 5.62. The van der Waals surface area contributed by atoms with E-state index in [4.69, 9.17) is 4.74 Å². The second-order valence-electron chi connectivity index (χ2n) is 3.34. The molecular formula is C10H9N3O. The van der Waals surface area contributed by atoms with Gasteiger partial charge < -0.3 is 10.1 Å². The monoisotopic (exact) mass is 187 g/mol. The molecule has 0 radical (unpaired) electrons. The molecule has 0 unspecified atom stereocenters. The highest BCUT2D eigenvalue weighted by Crippen LogP contribution is 2.40. The van der Waals surface area contributed by atoms with Crippen LogP contribution < -0.4 is 10.1 Å². The zero-order chi connectivity index (χ0) is 9.54. The van der Waals surface area contributed by atoms with Crippen molar-refractivity contribution in [3.63, 3.8) is 0 Å². The van der Waals surface area contributed by atoms with Gasteiger partial charge in [-0.2, -0.15) is 5.10 Å². The van der Waals surface area contributed by atoms with Crippen molar-refractivity contribution in [1.29, 1.82) is 0 Å². The lowest BCUT2D eigenvalue weighted by atomic mass is 10.2. The summed E-state index contributed by atoms with van der Waals surface area (Å²) in [6, 6.07) is 6.01. The summed E-state index contributed by atoms with van der Waals surface area (Å²) >= 11 is 0. The molecule has 3 rings (SSSR count). The van der Waals surface area contributed by atoms with E-state index in [1.165, 1.54) is 5.56 Å². The number of ether oxygens (including phenoxy) is 1. The lowest BCUT2D eigenvalue weighted by Gasteiger charge is -2.18. The number of aromatic amines is 1. The van der Waals surface area contributed by atoms with Crippen LogP contribution in [0.5, 0.6) is 11.5 Å². The Morgan fingerprint density at radius 2 is 2.21 bits per heavy atom. The number of fused-ring (bicyclic) bond motifs is 2. The molecule has 1 aliphatic rings. The smallest absolute Gasteiger partial charge is 0.189 e. The Morgan fingerprint density at radius 1 is 1.29 bits per heavy atom. The van der Waals surface area contributed by atoms with E-state index in [1.54, 1.807) is 6.20 Å². The highest BCUT2D eigenvalue weighted by atomic mass is 16.5. The first-order valence-corrected chi connectivity index (χ1v) is 4.42. The number of H-pyrrole nitrogens is 1. The third-order valence-electron chi connectivity index (χ3n) is 2.22. The zero-order valence-electron chi connectivity index (χ0n) is 7.66. The van der Waals surface area contributed by atoms with Gasteiger partial charge in [0.05, 0.1) is 11.9 Å². The normalized spacial score (nSPS) is 12.4. The van der Waals surface area contributed by atoms with Gasteiger partial charge in [0.25, 0.3) is 0 Å². The summed E-state index contributed by atoms with van der Waals surface area (Å²) < 4.78 is 5.62. The van der Waals surface area contributed by atoms with Crippen molar-refractivity contribution >= 4 is 11.5 Å². The maximum atomic E-state index is 5.62. The molecule has 0 saturated carbocycles. The summed E-state index contributed by atoms with van der Waals surface area (Å²) in [4.78, 5) is 0. The van der Waals surface area contributed by atoms with Gasteiger partial charge in [0.15, 0.2) is 17.3 Å². The van der Waals surface area contributed by atoms with E-state index in [9.17, 15) is 0 Å². The lowest BCUT2D eigenvalue weighted by molar-refractivity contribution is 0.481. The zero-order valence-corrected chi connectivity index (χ0v) is 7.66. The van der Waals surface area contributed by atoms with Gasteiger partial charge in [-0.1, -0.05) is 6.07 Å². The number of hydrogen-bond acceptors (Lipinski definition) is 3. The summed E-state index contributed by atoms with van der Waals surface area (Å²) in [5, 5.41) is 9.95. The van der Waals surface area contributed by atoms with Gasteiger partial charge in [0.2, 0.25) is 0 Å². The fraction of sp³-hybridized carbons (Fsp3) is 0.100. The summed E-state index contributed by atoms with van der Waals surface area (Å²) in [6.07, 6.45) is 1.66. The molecule has 1 aliphatic heterocycles. The molecule has 0 bridgehead atoms. The topological polar surface area (TPSA) is 49.9 Å². The number of aromatic nitrogens is 2. The molecule has 0 spiro atoms. The Kier molecular flexibility index (Phi) is 1.33. The molecule has 1 aromatic carbocycles.